The van der Waals surface area contributed by atoms with Gasteiger partial charge in [0.05, 0.1) is 19.9 Å². The Kier molecular flexibility index (Phi) is 6.28. The normalized spacial score (nSPS) is 17.8. The zero-order valence-electron chi connectivity index (χ0n) is 18.8. The molecule has 33 heavy (non-hydrogen) atoms. The molecule has 1 fully saturated rings. The van der Waals surface area contributed by atoms with E-state index in [0.29, 0.717) is 43.2 Å². The van der Waals surface area contributed by atoms with Gasteiger partial charge < -0.3 is 19.3 Å². The molecule has 0 aliphatic carbocycles. The third-order valence-electron chi connectivity index (χ3n) is 5.76. The summed E-state index contributed by atoms with van der Waals surface area (Å²) in [6.45, 7) is 2.30. The van der Waals surface area contributed by atoms with Crippen LogP contribution in [0.4, 0.5) is 5.69 Å². The summed E-state index contributed by atoms with van der Waals surface area (Å²) >= 11 is 0. The maximum Gasteiger partial charge on any atom is 0.345 e. The van der Waals surface area contributed by atoms with Gasteiger partial charge in [0.1, 0.15) is 5.70 Å². The molecule has 0 atom stereocenters. The Labute approximate surface area is 193 Å². The molecule has 0 spiro atoms. The first-order valence-corrected chi connectivity index (χ1v) is 11.9. The number of amides is 1. The van der Waals surface area contributed by atoms with Crippen molar-refractivity contribution in [3.8, 4) is 11.5 Å². The third kappa shape index (κ3) is 4.51. The first-order valence-electron chi connectivity index (χ1n) is 10.5. The van der Waals surface area contributed by atoms with Crippen LogP contribution in [0.1, 0.15) is 5.56 Å². The van der Waals surface area contributed by atoms with Crippen LogP contribution in [-0.2, 0) is 15.0 Å². The van der Waals surface area contributed by atoms with Crippen LogP contribution >= 0.6 is 0 Å². The Morgan fingerprint density at radius 1 is 0.939 bits per heavy atom. The molecule has 2 aliphatic rings. The molecular weight excluding hydrogens is 444 g/mol. The van der Waals surface area contributed by atoms with Gasteiger partial charge in [-0.1, -0.05) is 18.2 Å². The monoisotopic (exact) mass is 470 g/mol. The number of benzene rings is 2. The minimum absolute atomic E-state index is 0.0583. The van der Waals surface area contributed by atoms with Gasteiger partial charge in [0.15, 0.2) is 11.5 Å². The van der Waals surface area contributed by atoms with E-state index in [2.05, 4.69) is 9.30 Å². The molecule has 0 unspecified atom stereocenters. The number of likely N-dealkylation sites (N-methyl/N-ethyl adjacent to an activating group) is 1. The highest BCUT2D eigenvalue weighted by Gasteiger charge is 2.33. The fourth-order valence-corrected chi connectivity index (χ4v) is 4.76. The molecule has 0 N–H and O–H groups in total. The van der Waals surface area contributed by atoms with Crippen molar-refractivity contribution < 1.29 is 22.7 Å². The zero-order chi connectivity index (χ0) is 23.6. The Bertz CT molecular complexity index is 1200. The second-order valence-corrected chi connectivity index (χ2v) is 9.26. The summed E-state index contributed by atoms with van der Waals surface area (Å²) in [6.07, 6.45) is 1.51. The van der Waals surface area contributed by atoms with Gasteiger partial charge in [-0.15, -0.1) is 4.40 Å². The smallest absolute Gasteiger partial charge is 0.345 e. The molecule has 10 heteroatoms. The third-order valence-corrected chi connectivity index (χ3v) is 7.08. The predicted octanol–water partition coefficient (Wildman–Crippen LogP) is 1.92. The summed E-state index contributed by atoms with van der Waals surface area (Å²) in [4.78, 5) is 17.2. The van der Waals surface area contributed by atoms with Gasteiger partial charge in [-0.2, -0.15) is 8.42 Å². The van der Waals surface area contributed by atoms with Crippen LogP contribution in [0.5, 0.6) is 11.5 Å². The van der Waals surface area contributed by atoms with Gasteiger partial charge in [0, 0.05) is 44.5 Å². The molecule has 2 aromatic carbocycles. The van der Waals surface area contributed by atoms with Gasteiger partial charge in [0.2, 0.25) is 0 Å². The van der Waals surface area contributed by atoms with Crippen LogP contribution in [0.3, 0.4) is 0 Å². The van der Waals surface area contributed by atoms with E-state index in [4.69, 9.17) is 9.47 Å². The van der Waals surface area contributed by atoms with E-state index in [9.17, 15) is 13.2 Å². The topological polar surface area (TPSA) is 91.7 Å². The minimum Gasteiger partial charge on any atom is -0.493 e. The van der Waals surface area contributed by atoms with Crippen LogP contribution in [0.25, 0.3) is 0 Å². The highest BCUT2D eigenvalue weighted by Crippen LogP contribution is 2.30. The number of ether oxygens (including phenoxy) is 2. The molecule has 0 bridgehead atoms. The van der Waals surface area contributed by atoms with Crippen molar-refractivity contribution in [3.05, 3.63) is 65.9 Å². The maximum atomic E-state index is 13.3. The second kappa shape index (κ2) is 9.14. The predicted molar refractivity (Wildman–Crippen MR) is 126 cm³/mol. The number of carbonyl (C=O) groups excluding carboxylic acids is 1. The number of anilines is 1. The lowest BCUT2D eigenvalue weighted by molar-refractivity contribution is -0.128. The Morgan fingerprint density at radius 2 is 1.61 bits per heavy atom. The molecular formula is C23H26N4O5S. The molecule has 2 aliphatic heterocycles. The van der Waals surface area contributed by atoms with Crippen LogP contribution < -0.4 is 14.4 Å². The highest BCUT2D eigenvalue weighted by atomic mass is 32.2. The van der Waals surface area contributed by atoms with Crippen molar-refractivity contribution >= 4 is 27.5 Å². The van der Waals surface area contributed by atoms with Crippen molar-refractivity contribution in [2.45, 2.75) is 0 Å². The number of hydrogen-bond acceptors (Lipinski definition) is 6. The molecule has 9 nitrogen and oxygen atoms in total. The van der Waals surface area contributed by atoms with Gasteiger partial charge in [-0.05, 0) is 36.4 Å². The number of para-hydroxylation sites is 1. The fraction of sp³-hybridized carbons (Fsp3) is 0.304. The molecule has 0 radical (unpaired) electrons. The van der Waals surface area contributed by atoms with Crippen LogP contribution in [-0.4, -0.2) is 76.7 Å². The number of hydrogen-bond donors (Lipinski definition) is 0. The van der Waals surface area contributed by atoms with Gasteiger partial charge in [-0.3, -0.25) is 4.79 Å². The largest absolute Gasteiger partial charge is 0.493 e. The zero-order valence-corrected chi connectivity index (χ0v) is 19.6. The number of rotatable bonds is 5. The molecule has 0 saturated carbocycles. The molecule has 2 heterocycles. The number of piperazine rings is 1. The second-order valence-electron chi connectivity index (χ2n) is 7.64. The standard InChI is InChI=1S/C23H26N4O5S/c1-25-20(23(28)27-13-11-26(12-14-27)18-7-5-4-6-8-18)16-19(24-33(25,29)30)17-9-10-21(31-2)22(15-17)32-3/h4-10,15-16H,11-14H2,1-3H3. The van der Waals surface area contributed by atoms with Crippen molar-refractivity contribution in [2.75, 3.05) is 52.3 Å². The lowest BCUT2D eigenvalue weighted by Gasteiger charge is -2.37. The maximum absolute atomic E-state index is 13.3. The number of allylic oxidation sites excluding steroid dienone is 1. The van der Waals surface area contributed by atoms with E-state index in [0.717, 1.165) is 9.99 Å². The van der Waals surface area contributed by atoms with Gasteiger partial charge >= 0.3 is 10.2 Å². The van der Waals surface area contributed by atoms with Crippen LogP contribution in [0, 0.1) is 0 Å². The molecule has 1 amide bonds. The van der Waals surface area contributed by atoms with Gasteiger partial charge in [0.25, 0.3) is 5.91 Å². The molecule has 1 saturated heterocycles. The fourth-order valence-electron chi connectivity index (χ4n) is 3.85. The Hall–Kier alpha value is -3.53. The summed E-state index contributed by atoms with van der Waals surface area (Å²) in [7, 11) is 0.296. The van der Waals surface area contributed by atoms with Crippen molar-refractivity contribution in [2.24, 2.45) is 4.40 Å². The molecule has 2 aromatic rings. The van der Waals surface area contributed by atoms with Crippen LogP contribution in [0.15, 0.2) is 64.7 Å². The molecule has 0 aromatic heterocycles. The minimum atomic E-state index is -4.06. The first-order chi connectivity index (χ1) is 15.8. The van der Waals surface area contributed by atoms with E-state index >= 15 is 0 Å². The van der Waals surface area contributed by atoms with E-state index in [1.54, 1.807) is 23.1 Å². The number of carbonyl (C=O) groups is 1. The van der Waals surface area contributed by atoms with Crippen molar-refractivity contribution in [1.29, 1.82) is 0 Å². The van der Waals surface area contributed by atoms with Gasteiger partial charge in [-0.25, -0.2) is 4.31 Å². The Morgan fingerprint density at radius 3 is 2.24 bits per heavy atom. The summed E-state index contributed by atoms with van der Waals surface area (Å²) in [5, 5.41) is 0. The summed E-state index contributed by atoms with van der Waals surface area (Å²) in [5.41, 5.74) is 1.83. The average molecular weight is 471 g/mol. The number of nitrogens with zero attached hydrogens (tertiary/aromatic N) is 4. The highest BCUT2D eigenvalue weighted by molar-refractivity contribution is 7.88. The summed E-state index contributed by atoms with van der Waals surface area (Å²) in [5.74, 6) is 0.600. The summed E-state index contributed by atoms with van der Waals surface area (Å²) < 4.78 is 40.9. The Balaban J connectivity index is 1.58. The quantitative estimate of drug-likeness (QED) is 0.663. The van der Waals surface area contributed by atoms with E-state index in [-0.39, 0.29) is 17.3 Å². The van der Waals surface area contributed by atoms with Crippen molar-refractivity contribution in [1.82, 2.24) is 9.21 Å². The van der Waals surface area contributed by atoms with E-state index < -0.39 is 10.2 Å². The SMILES string of the molecule is COc1ccc(C2=NS(=O)(=O)N(C)C(C(=O)N3CCN(c4ccccc4)CC3)=C2)cc1OC. The van der Waals surface area contributed by atoms with E-state index in [1.807, 2.05) is 30.3 Å². The lowest BCUT2D eigenvalue weighted by Crippen LogP contribution is -2.51. The molecule has 4 rings (SSSR count). The molecule has 174 valence electrons. The number of methoxy groups -OCH3 is 2. The van der Waals surface area contributed by atoms with Crippen LogP contribution in [0.2, 0.25) is 0 Å². The summed E-state index contributed by atoms with van der Waals surface area (Å²) in [6, 6.07) is 15.0. The van der Waals surface area contributed by atoms with E-state index in [1.165, 1.54) is 27.3 Å². The average Bonchev–Trinajstić information content (AvgIpc) is 2.85. The first kappa shape index (κ1) is 22.7. The lowest BCUT2D eigenvalue weighted by atomic mass is 10.1. The van der Waals surface area contributed by atoms with Crippen molar-refractivity contribution in [3.63, 3.8) is 0 Å².